The molecule has 0 aliphatic rings. The fraction of sp³-hybridized carbons (Fsp3) is 0.250. The van der Waals surface area contributed by atoms with Crippen LogP contribution in [0.25, 0.3) is 11.3 Å². The molecule has 1 amide bonds. The van der Waals surface area contributed by atoms with Crippen molar-refractivity contribution < 1.29 is 22.4 Å². The maximum Gasteiger partial charge on any atom is 0.416 e. The minimum absolute atomic E-state index is 0.128. The average Bonchev–Trinajstić information content (AvgIpc) is 2.94. The Bertz CT molecular complexity index is 1490. The van der Waals surface area contributed by atoms with Gasteiger partial charge in [-0.15, -0.1) is 0 Å². The molecule has 4 rings (SSSR count). The molecule has 3 N–H and O–H groups in total. The molecular formula is C32H33BrF3N3O2Si. The summed E-state index contributed by atoms with van der Waals surface area (Å²) in [6.07, 6.45) is -4.45. The van der Waals surface area contributed by atoms with E-state index in [0.29, 0.717) is 11.3 Å². The van der Waals surface area contributed by atoms with E-state index in [-0.39, 0.29) is 33.5 Å². The van der Waals surface area contributed by atoms with Crippen molar-refractivity contribution in [2.24, 2.45) is 0 Å². The highest BCUT2D eigenvalue weighted by Gasteiger charge is 2.50. The lowest BCUT2D eigenvalue weighted by Gasteiger charge is -2.43. The molecule has 0 saturated carbocycles. The Morgan fingerprint density at radius 3 is 1.95 bits per heavy atom. The number of aromatic nitrogens is 1. The van der Waals surface area contributed by atoms with Gasteiger partial charge in [0.1, 0.15) is 4.60 Å². The second kappa shape index (κ2) is 12.4. The van der Waals surface area contributed by atoms with Gasteiger partial charge in [-0.25, -0.2) is 4.98 Å². The summed E-state index contributed by atoms with van der Waals surface area (Å²) in [5, 5.41) is 5.01. The molecule has 4 aromatic rings. The number of halogens is 4. The lowest BCUT2D eigenvalue weighted by Crippen LogP contribution is -2.67. The Balaban J connectivity index is 1.59. The van der Waals surface area contributed by atoms with Gasteiger partial charge in [0.15, 0.2) is 0 Å². The number of carbonyl (C=O) groups excluding carboxylic acids is 1. The molecular weight excluding hydrogens is 623 g/mol. The predicted octanol–water partition coefficient (Wildman–Crippen LogP) is 6.81. The zero-order valence-electron chi connectivity index (χ0n) is 23.8. The Hall–Kier alpha value is -3.47. The summed E-state index contributed by atoms with van der Waals surface area (Å²) >= 11 is 3.29. The molecule has 1 atom stereocenters. The maximum atomic E-state index is 13.4. The molecule has 0 aliphatic carbocycles. The molecule has 3 aromatic carbocycles. The molecule has 10 heteroatoms. The molecule has 1 unspecified atom stereocenters. The van der Waals surface area contributed by atoms with Crippen LogP contribution in [0.15, 0.2) is 95.6 Å². The number of nitrogens with two attached hydrogens (primary N) is 1. The molecule has 0 aliphatic heterocycles. The van der Waals surface area contributed by atoms with Gasteiger partial charge in [0.2, 0.25) is 0 Å². The van der Waals surface area contributed by atoms with Gasteiger partial charge in [0, 0.05) is 11.6 Å². The summed E-state index contributed by atoms with van der Waals surface area (Å²) in [5.41, 5.74) is 6.44. The largest absolute Gasteiger partial charge is 0.416 e. The number of benzene rings is 3. The Morgan fingerprint density at radius 2 is 1.48 bits per heavy atom. The predicted molar refractivity (Wildman–Crippen MR) is 167 cm³/mol. The number of pyridine rings is 1. The Morgan fingerprint density at radius 1 is 0.952 bits per heavy atom. The zero-order chi connectivity index (χ0) is 30.7. The van der Waals surface area contributed by atoms with Gasteiger partial charge >= 0.3 is 6.18 Å². The lowest BCUT2D eigenvalue weighted by atomic mass is 10.1. The number of nitrogens with one attached hydrogen (secondary N) is 1. The first kappa shape index (κ1) is 31.5. The van der Waals surface area contributed by atoms with Crippen LogP contribution < -0.4 is 21.4 Å². The van der Waals surface area contributed by atoms with Crippen LogP contribution in [0, 0.1) is 0 Å². The van der Waals surface area contributed by atoms with Crippen molar-refractivity contribution >= 4 is 46.2 Å². The molecule has 0 fully saturated rings. The van der Waals surface area contributed by atoms with Gasteiger partial charge in [-0.1, -0.05) is 93.6 Å². The second-order valence-electron chi connectivity index (χ2n) is 11.2. The molecule has 0 radical (unpaired) electrons. The highest BCUT2D eigenvalue weighted by molar-refractivity contribution is 9.10. The van der Waals surface area contributed by atoms with Crippen LogP contribution in [0.3, 0.4) is 0 Å². The fourth-order valence-corrected chi connectivity index (χ4v) is 10.1. The fourth-order valence-electron chi connectivity index (χ4n) is 5.04. The molecule has 0 bridgehead atoms. The topological polar surface area (TPSA) is 77.2 Å². The minimum Gasteiger partial charge on any atom is -0.405 e. The summed E-state index contributed by atoms with van der Waals surface area (Å²) in [7, 11) is -2.81. The first-order valence-electron chi connectivity index (χ1n) is 13.4. The van der Waals surface area contributed by atoms with E-state index in [1.165, 1.54) is 18.2 Å². The number of hydrogen-bond donors (Lipinski definition) is 2. The van der Waals surface area contributed by atoms with Crippen LogP contribution in [0.2, 0.25) is 5.04 Å². The molecule has 5 nitrogen and oxygen atoms in total. The molecule has 0 saturated heterocycles. The van der Waals surface area contributed by atoms with Crippen LogP contribution >= 0.6 is 15.9 Å². The highest BCUT2D eigenvalue weighted by Crippen LogP contribution is 2.37. The summed E-state index contributed by atoms with van der Waals surface area (Å²) in [6.45, 7) is 8.65. The van der Waals surface area contributed by atoms with Gasteiger partial charge in [0.25, 0.3) is 14.2 Å². The number of rotatable bonds is 8. The van der Waals surface area contributed by atoms with Crippen molar-refractivity contribution in [1.29, 1.82) is 0 Å². The first-order valence-corrected chi connectivity index (χ1v) is 16.1. The number of carbonyl (C=O) groups is 1. The average molecular weight is 657 g/mol. The van der Waals surface area contributed by atoms with Crippen LogP contribution in [-0.4, -0.2) is 31.9 Å². The number of nitrogens with zero attached hydrogens (tertiary/aromatic N) is 1. The van der Waals surface area contributed by atoms with E-state index < -0.39 is 26.0 Å². The third kappa shape index (κ3) is 6.61. The van der Waals surface area contributed by atoms with Crippen molar-refractivity contribution in [1.82, 2.24) is 10.3 Å². The standard InChI is InChI=1S/C32H33BrF3N3O2Si/c1-21(20-41-42(31(2,3)4,24-11-7-5-8-12-24)25-13-9-6-10-14-25)38-30(40)26-19-27(39-29(33)28(26)37)22-15-17-23(18-16-22)32(34,35)36/h5-19,21H,20,37H2,1-4H3,(H,38,40). The van der Waals surface area contributed by atoms with E-state index in [1.807, 2.05) is 43.3 Å². The van der Waals surface area contributed by atoms with Gasteiger partial charge in [-0.3, -0.25) is 4.79 Å². The van der Waals surface area contributed by atoms with Crippen molar-refractivity contribution in [2.75, 3.05) is 12.3 Å². The number of hydrogen-bond acceptors (Lipinski definition) is 4. The highest BCUT2D eigenvalue weighted by atomic mass is 79.9. The van der Waals surface area contributed by atoms with E-state index >= 15 is 0 Å². The van der Waals surface area contributed by atoms with Gasteiger partial charge in [0.05, 0.1) is 29.1 Å². The second-order valence-corrected chi connectivity index (χ2v) is 16.2. The summed E-state index contributed by atoms with van der Waals surface area (Å²) < 4.78 is 46.2. The first-order chi connectivity index (χ1) is 19.7. The van der Waals surface area contributed by atoms with Crippen LogP contribution in [0.5, 0.6) is 0 Å². The number of nitrogen functional groups attached to an aromatic ring is 1. The van der Waals surface area contributed by atoms with Crippen LogP contribution in [-0.2, 0) is 10.6 Å². The van der Waals surface area contributed by atoms with Gasteiger partial charge in [-0.05, 0) is 56.5 Å². The lowest BCUT2D eigenvalue weighted by molar-refractivity contribution is -0.137. The molecule has 220 valence electrons. The van der Waals surface area contributed by atoms with Crippen molar-refractivity contribution in [3.05, 3.63) is 107 Å². The normalized spacial score (nSPS) is 13.0. The number of anilines is 1. The zero-order valence-corrected chi connectivity index (χ0v) is 26.4. The van der Waals surface area contributed by atoms with Gasteiger partial charge < -0.3 is 15.5 Å². The Labute approximate surface area is 253 Å². The number of alkyl halides is 3. The smallest absolute Gasteiger partial charge is 0.405 e. The van der Waals surface area contributed by atoms with E-state index in [1.54, 1.807) is 0 Å². The summed E-state index contributed by atoms with van der Waals surface area (Å²) in [4.78, 5) is 17.8. The van der Waals surface area contributed by atoms with Crippen LogP contribution in [0.1, 0.15) is 43.6 Å². The monoisotopic (exact) mass is 655 g/mol. The molecule has 1 aromatic heterocycles. The SMILES string of the molecule is CC(CO[Si](c1ccccc1)(c1ccccc1)C(C)(C)C)NC(=O)c1cc(-c2ccc(C(F)(F)F)cc2)nc(Br)c1N. The molecule has 42 heavy (non-hydrogen) atoms. The van der Waals surface area contributed by atoms with E-state index in [4.69, 9.17) is 10.2 Å². The van der Waals surface area contributed by atoms with Gasteiger partial charge in [-0.2, -0.15) is 13.2 Å². The third-order valence-electron chi connectivity index (χ3n) is 7.11. The number of amides is 1. The Kier molecular flexibility index (Phi) is 9.29. The minimum atomic E-state index is -4.45. The van der Waals surface area contributed by atoms with E-state index in [9.17, 15) is 18.0 Å². The van der Waals surface area contributed by atoms with Crippen molar-refractivity contribution in [3.8, 4) is 11.3 Å². The quantitative estimate of drug-likeness (QED) is 0.162. The third-order valence-corrected chi connectivity index (χ3v) is 12.7. The van der Waals surface area contributed by atoms with E-state index in [2.05, 4.69) is 71.3 Å². The van der Waals surface area contributed by atoms with Crippen molar-refractivity contribution in [3.63, 3.8) is 0 Å². The van der Waals surface area contributed by atoms with Crippen molar-refractivity contribution in [2.45, 2.75) is 45.0 Å². The van der Waals surface area contributed by atoms with Crippen LogP contribution in [0.4, 0.5) is 18.9 Å². The molecule has 0 spiro atoms. The summed E-state index contributed by atoms with van der Waals surface area (Å²) in [5.74, 6) is -0.442. The summed E-state index contributed by atoms with van der Waals surface area (Å²) in [6, 6.07) is 26.1. The maximum absolute atomic E-state index is 13.4. The molecule has 1 heterocycles. The van der Waals surface area contributed by atoms with E-state index in [0.717, 1.165) is 22.5 Å².